The first-order valence-electron chi connectivity index (χ1n) is 6.33. The molecular formula is C16H19NO. The first-order chi connectivity index (χ1) is 8.74. The second-order valence-electron chi connectivity index (χ2n) is 4.44. The third kappa shape index (κ3) is 2.70. The van der Waals surface area contributed by atoms with E-state index in [9.17, 15) is 0 Å². The van der Waals surface area contributed by atoms with Crippen LogP contribution in [0.3, 0.4) is 0 Å². The standard InChI is InChI=1S/C16H19NO/c1-4-13-5-10-16(17-11-13)12(2)14-6-8-15(18-3)9-7-14/h5-12H,4H2,1-3H3. The second kappa shape index (κ2) is 5.67. The van der Waals surface area contributed by atoms with Gasteiger partial charge < -0.3 is 4.74 Å². The van der Waals surface area contributed by atoms with Crippen LogP contribution in [0.4, 0.5) is 0 Å². The quantitative estimate of drug-likeness (QED) is 0.812. The van der Waals surface area contributed by atoms with Gasteiger partial charge in [0.1, 0.15) is 5.75 Å². The van der Waals surface area contributed by atoms with Gasteiger partial charge in [-0.05, 0) is 35.7 Å². The molecule has 1 unspecified atom stereocenters. The number of aryl methyl sites for hydroxylation is 1. The van der Waals surface area contributed by atoms with Gasteiger partial charge in [-0.3, -0.25) is 4.98 Å². The van der Waals surface area contributed by atoms with Gasteiger partial charge in [-0.15, -0.1) is 0 Å². The lowest BCUT2D eigenvalue weighted by molar-refractivity contribution is 0.414. The van der Waals surface area contributed by atoms with Gasteiger partial charge in [0.05, 0.1) is 7.11 Å². The largest absolute Gasteiger partial charge is 0.497 e. The van der Waals surface area contributed by atoms with Crippen LogP contribution in [0.1, 0.15) is 36.6 Å². The molecule has 2 heteroatoms. The van der Waals surface area contributed by atoms with E-state index in [2.05, 4.69) is 43.1 Å². The fourth-order valence-corrected chi connectivity index (χ4v) is 1.96. The minimum absolute atomic E-state index is 0.307. The van der Waals surface area contributed by atoms with Gasteiger partial charge in [0.15, 0.2) is 0 Å². The minimum atomic E-state index is 0.307. The highest BCUT2D eigenvalue weighted by molar-refractivity contribution is 5.33. The Balaban J connectivity index is 2.20. The van der Waals surface area contributed by atoms with Crippen LogP contribution in [-0.2, 0) is 6.42 Å². The summed E-state index contributed by atoms with van der Waals surface area (Å²) >= 11 is 0. The molecular weight excluding hydrogens is 222 g/mol. The number of aromatic nitrogens is 1. The van der Waals surface area contributed by atoms with Crippen molar-refractivity contribution >= 4 is 0 Å². The van der Waals surface area contributed by atoms with Gasteiger partial charge >= 0.3 is 0 Å². The van der Waals surface area contributed by atoms with Crippen molar-refractivity contribution in [3.8, 4) is 5.75 Å². The third-order valence-corrected chi connectivity index (χ3v) is 3.32. The highest BCUT2D eigenvalue weighted by Gasteiger charge is 2.09. The maximum Gasteiger partial charge on any atom is 0.118 e. The highest BCUT2D eigenvalue weighted by atomic mass is 16.5. The lowest BCUT2D eigenvalue weighted by Gasteiger charge is -2.12. The Kier molecular flexibility index (Phi) is 3.98. The molecule has 1 aromatic heterocycles. The summed E-state index contributed by atoms with van der Waals surface area (Å²) in [6, 6.07) is 12.5. The third-order valence-electron chi connectivity index (χ3n) is 3.32. The van der Waals surface area contributed by atoms with E-state index in [1.165, 1.54) is 11.1 Å². The molecule has 1 aromatic carbocycles. The van der Waals surface area contributed by atoms with Gasteiger partial charge in [-0.1, -0.05) is 32.0 Å². The number of ether oxygens (including phenoxy) is 1. The van der Waals surface area contributed by atoms with E-state index in [1.807, 2.05) is 18.3 Å². The SMILES string of the molecule is CCc1ccc(C(C)c2ccc(OC)cc2)nc1. The number of nitrogens with zero attached hydrogens (tertiary/aromatic N) is 1. The van der Waals surface area contributed by atoms with Crippen LogP contribution in [0.2, 0.25) is 0 Å². The average Bonchev–Trinajstić information content (AvgIpc) is 2.47. The zero-order valence-corrected chi connectivity index (χ0v) is 11.2. The van der Waals surface area contributed by atoms with E-state index < -0.39 is 0 Å². The predicted molar refractivity (Wildman–Crippen MR) is 74.1 cm³/mol. The molecule has 1 atom stereocenters. The molecule has 1 heterocycles. The molecule has 0 aliphatic rings. The molecule has 0 spiro atoms. The van der Waals surface area contributed by atoms with Crippen molar-refractivity contribution in [2.24, 2.45) is 0 Å². The van der Waals surface area contributed by atoms with E-state index in [1.54, 1.807) is 7.11 Å². The summed E-state index contributed by atoms with van der Waals surface area (Å²) < 4.78 is 5.17. The summed E-state index contributed by atoms with van der Waals surface area (Å²) in [4.78, 5) is 4.54. The van der Waals surface area contributed by atoms with Crippen LogP contribution in [0, 0.1) is 0 Å². The summed E-state index contributed by atoms with van der Waals surface area (Å²) in [5, 5.41) is 0. The second-order valence-corrected chi connectivity index (χ2v) is 4.44. The normalized spacial score (nSPS) is 12.2. The molecule has 0 N–H and O–H groups in total. The average molecular weight is 241 g/mol. The van der Waals surface area contributed by atoms with Crippen LogP contribution in [0.15, 0.2) is 42.6 Å². The van der Waals surface area contributed by atoms with Crippen molar-refractivity contribution in [3.63, 3.8) is 0 Å². The predicted octanol–water partition coefficient (Wildman–Crippen LogP) is 3.80. The number of methoxy groups -OCH3 is 1. The van der Waals surface area contributed by atoms with E-state index in [0.29, 0.717) is 5.92 Å². The molecule has 2 aromatic rings. The zero-order valence-electron chi connectivity index (χ0n) is 11.2. The Hall–Kier alpha value is -1.83. The van der Waals surface area contributed by atoms with Crippen LogP contribution in [-0.4, -0.2) is 12.1 Å². The van der Waals surface area contributed by atoms with Crippen LogP contribution in [0.5, 0.6) is 5.75 Å². The van der Waals surface area contributed by atoms with Gasteiger partial charge in [0.2, 0.25) is 0 Å². The Labute approximate surface area is 109 Å². The molecule has 0 fully saturated rings. The Morgan fingerprint density at radius 3 is 2.33 bits per heavy atom. The Bertz CT molecular complexity index is 440. The van der Waals surface area contributed by atoms with Crippen molar-refractivity contribution in [2.75, 3.05) is 7.11 Å². The topological polar surface area (TPSA) is 22.1 Å². The molecule has 0 amide bonds. The maximum atomic E-state index is 5.17. The number of rotatable bonds is 4. The van der Waals surface area contributed by atoms with Gasteiger partial charge in [-0.25, -0.2) is 0 Å². The Morgan fingerprint density at radius 2 is 1.83 bits per heavy atom. The van der Waals surface area contributed by atoms with Crippen LogP contribution >= 0.6 is 0 Å². The molecule has 94 valence electrons. The van der Waals surface area contributed by atoms with Crippen molar-refractivity contribution in [1.82, 2.24) is 4.98 Å². The van der Waals surface area contributed by atoms with Crippen LogP contribution < -0.4 is 4.74 Å². The Morgan fingerprint density at radius 1 is 1.11 bits per heavy atom. The molecule has 18 heavy (non-hydrogen) atoms. The fourth-order valence-electron chi connectivity index (χ4n) is 1.96. The highest BCUT2D eigenvalue weighted by Crippen LogP contribution is 2.24. The van der Waals surface area contributed by atoms with Gasteiger partial charge in [-0.2, -0.15) is 0 Å². The molecule has 0 saturated carbocycles. The maximum absolute atomic E-state index is 5.17. The first kappa shape index (κ1) is 12.6. The summed E-state index contributed by atoms with van der Waals surface area (Å²) in [5.41, 5.74) is 3.64. The van der Waals surface area contributed by atoms with E-state index in [4.69, 9.17) is 4.74 Å². The zero-order chi connectivity index (χ0) is 13.0. The van der Waals surface area contributed by atoms with Crippen molar-refractivity contribution < 1.29 is 4.74 Å². The minimum Gasteiger partial charge on any atom is -0.497 e. The van der Waals surface area contributed by atoms with Crippen molar-refractivity contribution in [1.29, 1.82) is 0 Å². The molecule has 0 bridgehead atoms. The van der Waals surface area contributed by atoms with Gasteiger partial charge in [0, 0.05) is 17.8 Å². The summed E-state index contributed by atoms with van der Waals surface area (Å²) in [6.45, 7) is 4.32. The summed E-state index contributed by atoms with van der Waals surface area (Å²) in [5.74, 6) is 1.20. The molecule has 2 nitrogen and oxygen atoms in total. The number of benzene rings is 1. The molecule has 0 aliphatic carbocycles. The lowest BCUT2D eigenvalue weighted by atomic mass is 9.97. The fraction of sp³-hybridized carbons (Fsp3) is 0.312. The number of pyridine rings is 1. The van der Waals surface area contributed by atoms with Crippen LogP contribution in [0.25, 0.3) is 0 Å². The molecule has 0 radical (unpaired) electrons. The number of hydrogen-bond donors (Lipinski definition) is 0. The summed E-state index contributed by atoms with van der Waals surface area (Å²) in [6.07, 6.45) is 3.00. The van der Waals surface area contributed by atoms with Crippen molar-refractivity contribution in [2.45, 2.75) is 26.2 Å². The smallest absolute Gasteiger partial charge is 0.118 e. The molecule has 0 aliphatic heterocycles. The summed E-state index contributed by atoms with van der Waals surface area (Å²) in [7, 11) is 1.68. The van der Waals surface area contributed by atoms with E-state index in [0.717, 1.165) is 17.9 Å². The van der Waals surface area contributed by atoms with E-state index in [-0.39, 0.29) is 0 Å². The van der Waals surface area contributed by atoms with Gasteiger partial charge in [0.25, 0.3) is 0 Å². The number of hydrogen-bond acceptors (Lipinski definition) is 2. The molecule has 0 saturated heterocycles. The molecule has 2 rings (SSSR count). The first-order valence-corrected chi connectivity index (χ1v) is 6.33. The van der Waals surface area contributed by atoms with E-state index >= 15 is 0 Å². The monoisotopic (exact) mass is 241 g/mol. The van der Waals surface area contributed by atoms with Crippen molar-refractivity contribution in [3.05, 3.63) is 59.4 Å². The lowest BCUT2D eigenvalue weighted by Crippen LogP contribution is -1.99.